The van der Waals surface area contributed by atoms with E-state index in [0.717, 1.165) is 31.7 Å². The minimum Gasteiger partial charge on any atom is -0.355 e. The first kappa shape index (κ1) is 12.9. The van der Waals surface area contributed by atoms with Crippen LogP contribution in [-0.4, -0.2) is 29.3 Å². The highest BCUT2D eigenvalue weighted by atomic mass is 15.3. The second-order valence-corrected chi connectivity index (χ2v) is 5.98. The molecule has 0 spiro atoms. The van der Waals surface area contributed by atoms with Crippen molar-refractivity contribution in [2.45, 2.75) is 56.9 Å². The number of nitrogens with two attached hydrogens (primary N) is 1. The molecule has 104 valence electrons. The fraction of sp³-hybridized carbons (Fsp3) is 0.733. The van der Waals surface area contributed by atoms with Gasteiger partial charge in [-0.05, 0) is 37.8 Å². The van der Waals surface area contributed by atoms with Crippen LogP contribution >= 0.6 is 0 Å². The van der Waals surface area contributed by atoms with E-state index in [1.54, 1.807) is 0 Å². The second kappa shape index (κ2) is 5.87. The van der Waals surface area contributed by atoms with Crippen molar-refractivity contribution in [1.82, 2.24) is 10.2 Å². The number of hydrogen-bond donors (Lipinski definition) is 1. The number of aromatic nitrogens is 2. The SMILES string of the molecule is NC1CCN(c2ccc(C3CCCCC3)nn2)CC1. The van der Waals surface area contributed by atoms with E-state index in [9.17, 15) is 0 Å². The van der Waals surface area contributed by atoms with Gasteiger partial charge in [-0.15, -0.1) is 5.10 Å². The molecule has 1 aliphatic heterocycles. The molecule has 1 aliphatic carbocycles. The van der Waals surface area contributed by atoms with Gasteiger partial charge in [0.25, 0.3) is 0 Å². The number of nitrogens with zero attached hydrogens (tertiary/aromatic N) is 3. The van der Waals surface area contributed by atoms with E-state index in [-0.39, 0.29) is 0 Å². The zero-order chi connectivity index (χ0) is 13.1. The maximum atomic E-state index is 5.93. The van der Waals surface area contributed by atoms with E-state index in [0.29, 0.717) is 12.0 Å². The van der Waals surface area contributed by atoms with Crippen LogP contribution < -0.4 is 10.6 Å². The Balaban J connectivity index is 1.65. The fourth-order valence-corrected chi connectivity index (χ4v) is 3.25. The van der Waals surface area contributed by atoms with Gasteiger partial charge in [-0.2, -0.15) is 5.10 Å². The molecule has 1 saturated heterocycles. The number of piperidine rings is 1. The van der Waals surface area contributed by atoms with Crippen LogP contribution in [0, 0.1) is 0 Å². The molecule has 2 N–H and O–H groups in total. The summed E-state index contributed by atoms with van der Waals surface area (Å²) in [5.41, 5.74) is 7.13. The molecule has 0 amide bonds. The Hall–Kier alpha value is -1.16. The summed E-state index contributed by atoms with van der Waals surface area (Å²) in [5.74, 6) is 1.66. The Morgan fingerprint density at radius 1 is 0.947 bits per heavy atom. The first-order valence-corrected chi connectivity index (χ1v) is 7.67. The molecule has 0 bridgehead atoms. The predicted octanol–water partition coefficient (Wildman–Crippen LogP) is 2.45. The van der Waals surface area contributed by atoms with Crippen LogP contribution in [-0.2, 0) is 0 Å². The molecule has 19 heavy (non-hydrogen) atoms. The molecule has 2 aliphatic rings. The third kappa shape index (κ3) is 3.06. The number of rotatable bonds is 2. The largest absolute Gasteiger partial charge is 0.355 e. The van der Waals surface area contributed by atoms with Crippen LogP contribution in [0.4, 0.5) is 5.82 Å². The molecule has 2 heterocycles. The molecule has 1 aromatic rings. The lowest BCUT2D eigenvalue weighted by molar-refractivity contribution is 0.433. The molecule has 1 saturated carbocycles. The summed E-state index contributed by atoms with van der Waals surface area (Å²) in [7, 11) is 0. The van der Waals surface area contributed by atoms with Crippen LogP contribution in [0.15, 0.2) is 12.1 Å². The van der Waals surface area contributed by atoms with Crippen LogP contribution in [0.3, 0.4) is 0 Å². The Bertz CT molecular complexity index is 389. The van der Waals surface area contributed by atoms with E-state index < -0.39 is 0 Å². The van der Waals surface area contributed by atoms with Gasteiger partial charge in [-0.25, -0.2) is 0 Å². The first-order valence-electron chi connectivity index (χ1n) is 7.67. The van der Waals surface area contributed by atoms with E-state index >= 15 is 0 Å². The number of anilines is 1. The number of hydrogen-bond acceptors (Lipinski definition) is 4. The topological polar surface area (TPSA) is 55.0 Å². The van der Waals surface area contributed by atoms with Gasteiger partial charge in [0.15, 0.2) is 5.82 Å². The van der Waals surface area contributed by atoms with E-state index in [1.807, 2.05) is 0 Å². The van der Waals surface area contributed by atoms with Crippen molar-refractivity contribution in [1.29, 1.82) is 0 Å². The summed E-state index contributed by atoms with van der Waals surface area (Å²) in [6.07, 6.45) is 8.77. The standard InChI is InChI=1S/C15H24N4/c16-13-8-10-19(11-9-13)15-7-6-14(17-18-15)12-4-2-1-3-5-12/h6-7,12-13H,1-5,8-11,16H2. The second-order valence-electron chi connectivity index (χ2n) is 5.98. The van der Waals surface area contributed by atoms with Gasteiger partial charge in [0.05, 0.1) is 5.69 Å². The Morgan fingerprint density at radius 3 is 2.32 bits per heavy atom. The highest BCUT2D eigenvalue weighted by Gasteiger charge is 2.20. The molecular weight excluding hydrogens is 236 g/mol. The summed E-state index contributed by atoms with van der Waals surface area (Å²) in [6.45, 7) is 2.03. The van der Waals surface area contributed by atoms with Gasteiger partial charge in [0.2, 0.25) is 0 Å². The zero-order valence-electron chi connectivity index (χ0n) is 11.6. The van der Waals surface area contributed by atoms with E-state index in [4.69, 9.17) is 5.73 Å². The molecule has 3 rings (SSSR count). The minimum atomic E-state index is 0.366. The van der Waals surface area contributed by atoms with Gasteiger partial charge < -0.3 is 10.6 Å². The molecule has 4 heteroatoms. The van der Waals surface area contributed by atoms with Crippen LogP contribution in [0.2, 0.25) is 0 Å². The minimum absolute atomic E-state index is 0.366. The van der Waals surface area contributed by atoms with Crippen molar-refractivity contribution < 1.29 is 0 Å². The molecule has 0 aromatic carbocycles. The Morgan fingerprint density at radius 2 is 1.68 bits per heavy atom. The summed E-state index contributed by atoms with van der Waals surface area (Å²) in [4.78, 5) is 2.31. The van der Waals surface area contributed by atoms with Crippen molar-refractivity contribution in [3.8, 4) is 0 Å². The molecule has 1 aromatic heterocycles. The average molecular weight is 260 g/mol. The van der Waals surface area contributed by atoms with E-state index in [2.05, 4.69) is 27.2 Å². The van der Waals surface area contributed by atoms with Gasteiger partial charge in [0, 0.05) is 25.0 Å². The highest BCUT2D eigenvalue weighted by Crippen LogP contribution is 2.31. The van der Waals surface area contributed by atoms with Crippen LogP contribution in [0.5, 0.6) is 0 Å². The predicted molar refractivity (Wildman–Crippen MR) is 77.3 cm³/mol. The third-order valence-corrected chi connectivity index (χ3v) is 4.56. The first-order chi connectivity index (χ1) is 9.33. The van der Waals surface area contributed by atoms with E-state index in [1.165, 1.54) is 37.8 Å². The summed E-state index contributed by atoms with van der Waals surface area (Å²) < 4.78 is 0. The highest BCUT2D eigenvalue weighted by molar-refractivity contribution is 5.38. The quantitative estimate of drug-likeness (QED) is 0.887. The molecule has 0 atom stereocenters. The molecule has 2 fully saturated rings. The van der Waals surface area contributed by atoms with Gasteiger partial charge >= 0.3 is 0 Å². The molecular formula is C15H24N4. The van der Waals surface area contributed by atoms with Crippen molar-refractivity contribution in [2.75, 3.05) is 18.0 Å². The smallest absolute Gasteiger partial charge is 0.151 e. The Kier molecular flexibility index (Phi) is 3.97. The fourth-order valence-electron chi connectivity index (χ4n) is 3.25. The zero-order valence-corrected chi connectivity index (χ0v) is 11.6. The van der Waals surface area contributed by atoms with Crippen molar-refractivity contribution in [3.63, 3.8) is 0 Å². The average Bonchev–Trinajstić information content (AvgIpc) is 2.49. The maximum Gasteiger partial charge on any atom is 0.151 e. The van der Waals surface area contributed by atoms with Gasteiger partial charge in [-0.3, -0.25) is 0 Å². The van der Waals surface area contributed by atoms with Crippen molar-refractivity contribution >= 4 is 5.82 Å². The van der Waals surface area contributed by atoms with Crippen molar-refractivity contribution in [2.24, 2.45) is 5.73 Å². The normalized spacial score (nSPS) is 22.7. The third-order valence-electron chi connectivity index (χ3n) is 4.56. The lowest BCUT2D eigenvalue weighted by Crippen LogP contribution is -2.40. The maximum absolute atomic E-state index is 5.93. The van der Waals surface area contributed by atoms with Gasteiger partial charge in [0.1, 0.15) is 0 Å². The monoisotopic (exact) mass is 260 g/mol. The van der Waals surface area contributed by atoms with Crippen LogP contribution in [0.25, 0.3) is 0 Å². The lowest BCUT2D eigenvalue weighted by Gasteiger charge is -2.30. The molecule has 4 nitrogen and oxygen atoms in total. The summed E-state index contributed by atoms with van der Waals surface area (Å²) in [6, 6.07) is 4.70. The lowest BCUT2D eigenvalue weighted by atomic mass is 9.87. The van der Waals surface area contributed by atoms with Crippen molar-refractivity contribution in [3.05, 3.63) is 17.8 Å². The molecule has 0 unspecified atom stereocenters. The van der Waals surface area contributed by atoms with Gasteiger partial charge in [-0.1, -0.05) is 19.3 Å². The van der Waals surface area contributed by atoms with Crippen LogP contribution in [0.1, 0.15) is 56.6 Å². The summed E-state index contributed by atoms with van der Waals surface area (Å²) >= 11 is 0. The molecule has 0 radical (unpaired) electrons. The summed E-state index contributed by atoms with van der Waals surface area (Å²) in [5, 5.41) is 8.91. The Labute approximate surface area is 115 Å².